The lowest BCUT2D eigenvalue weighted by molar-refractivity contribution is -0.104. The Hall–Kier alpha value is -1.11. The summed E-state index contributed by atoms with van der Waals surface area (Å²) in [7, 11) is 0. The number of carbonyl (C=O) groups is 1. The summed E-state index contributed by atoms with van der Waals surface area (Å²) in [5.74, 6) is 0.498. The third-order valence-corrected chi connectivity index (χ3v) is 1.50. The predicted molar refractivity (Wildman–Crippen MR) is 52.9 cm³/mol. The topological polar surface area (TPSA) is 17.1 Å². The van der Waals surface area contributed by atoms with Gasteiger partial charge in [0.25, 0.3) is 0 Å². The first kappa shape index (κ1) is 10.9. The molecule has 0 aromatic carbocycles. The second kappa shape index (κ2) is 6.59. The highest BCUT2D eigenvalue weighted by Gasteiger charge is 1.95. The molecule has 0 fully saturated rings. The Morgan fingerprint density at radius 3 is 2.33 bits per heavy atom. The van der Waals surface area contributed by atoms with E-state index in [9.17, 15) is 4.79 Å². The second-order valence-corrected chi connectivity index (χ2v) is 2.84. The van der Waals surface area contributed by atoms with Gasteiger partial charge >= 0.3 is 0 Å². The molecular formula is C11H16O. The molecule has 0 N–H and O–H groups in total. The number of carbonyl (C=O) groups excluding carboxylic acids is 1. The van der Waals surface area contributed by atoms with E-state index >= 15 is 0 Å². The molecule has 0 atom stereocenters. The summed E-state index contributed by atoms with van der Waals surface area (Å²) in [6.45, 7) is 6.24. The van der Waals surface area contributed by atoms with Crippen molar-refractivity contribution in [2.75, 3.05) is 0 Å². The molecule has 66 valence electrons. The smallest absolute Gasteiger partial charge is 0.142 e. The fraction of sp³-hybridized carbons (Fsp3) is 0.364. The van der Waals surface area contributed by atoms with Gasteiger partial charge in [0.15, 0.2) is 0 Å². The molecule has 12 heavy (non-hydrogen) atoms. The van der Waals surface area contributed by atoms with Crippen LogP contribution in [0.2, 0.25) is 0 Å². The van der Waals surface area contributed by atoms with Crippen molar-refractivity contribution in [2.45, 2.75) is 20.8 Å². The van der Waals surface area contributed by atoms with E-state index < -0.39 is 0 Å². The number of hydrogen-bond acceptors (Lipinski definition) is 1. The highest BCUT2D eigenvalue weighted by molar-refractivity contribution is 5.65. The monoisotopic (exact) mass is 164 g/mol. The van der Waals surface area contributed by atoms with Crippen LogP contribution < -0.4 is 0 Å². The molecule has 0 saturated carbocycles. The van der Waals surface area contributed by atoms with Crippen molar-refractivity contribution in [3.05, 3.63) is 36.0 Å². The highest BCUT2D eigenvalue weighted by Crippen LogP contribution is 2.10. The van der Waals surface area contributed by atoms with Crippen LogP contribution >= 0.6 is 0 Å². The predicted octanol–water partition coefficient (Wildman–Crippen LogP) is 2.90. The van der Waals surface area contributed by atoms with Gasteiger partial charge in [-0.3, -0.25) is 4.79 Å². The summed E-state index contributed by atoms with van der Waals surface area (Å²) in [5, 5.41) is 0. The van der Waals surface area contributed by atoms with Crippen molar-refractivity contribution in [2.24, 2.45) is 5.92 Å². The van der Waals surface area contributed by atoms with Crippen LogP contribution in [0.15, 0.2) is 36.0 Å². The molecule has 1 heteroatoms. The van der Waals surface area contributed by atoms with E-state index in [-0.39, 0.29) is 0 Å². The third-order valence-electron chi connectivity index (χ3n) is 1.50. The van der Waals surface area contributed by atoms with Crippen LogP contribution in [0.1, 0.15) is 20.8 Å². The van der Waals surface area contributed by atoms with Crippen LogP contribution in [0.3, 0.4) is 0 Å². The normalized spacial score (nSPS) is 13.5. The standard InChI is InChI=1S/C11H16O/c1-4-7-11(10(2)3)8-5-6-9-12/h4-10H,1-3H3/b6-5+,7-4-,11-8+. The number of allylic oxidation sites excluding steroid dienone is 6. The van der Waals surface area contributed by atoms with E-state index in [1.807, 2.05) is 19.1 Å². The van der Waals surface area contributed by atoms with Crippen LogP contribution in [0.25, 0.3) is 0 Å². The summed E-state index contributed by atoms with van der Waals surface area (Å²) in [5.41, 5.74) is 1.23. The van der Waals surface area contributed by atoms with Crippen molar-refractivity contribution >= 4 is 6.29 Å². The number of hydrogen-bond donors (Lipinski definition) is 0. The Kier molecular flexibility index (Phi) is 5.98. The molecule has 0 radical (unpaired) electrons. The van der Waals surface area contributed by atoms with E-state index in [2.05, 4.69) is 19.9 Å². The van der Waals surface area contributed by atoms with Crippen LogP contribution in [0.5, 0.6) is 0 Å². The van der Waals surface area contributed by atoms with E-state index in [4.69, 9.17) is 0 Å². The lowest BCUT2D eigenvalue weighted by Gasteiger charge is -2.03. The maximum absolute atomic E-state index is 9.98. The van der Waals surface area contributed by atoms with E-state index in [1.165, 1.54) is 11.6 Å². The van der Waals surface area contributed by atoms with Crippen LogP contribution in [0.4, 0.5) is 0 Å². The maximum Gasteiger partial charge on any atom is 0.142 e. The Balaban J connectivity index is 4.38. The number of rotatable bonds is 4. The van der Waals surface area contributed by atoms with Gasteiger partial charge in [-0.05, 0) is 24.5 Å². The Morgan fingerprint density at radius 1 is 1.25 bits per heavy atom. The van der Waals surface area contributed by atoms with Gasteiger partial charge < -0.3 is 0 Å². The minimum absolute atomic E-state index is 0.498. The minimum Gasteiger partial charge on any atom is -0.299 e. The van der Waals surface area contributed by atoms with E-state index in [0.717, 1.165) is 6.29 Å². The fourth-order valence-electron chi connectivity index (χ4n) is 0.845. The van der Waals surface area contributed by atoms with Crippen molar-refractivity contribution in [1.82, 2.24) is 0 Å². The first-order valence-electron chi connectivity index (χ1n) is 4.17. The molecule has 0 aliphatic carbocycles. The van der Waals surface area contributed by atoms with E-state index in [0.29, 0.717) is 5.92 Å². The summed E-state index contributed by atoms with van der Waals surface area (Å²) >= 11 is 0. The Bertz CT molecular complexity index is 207. The first-order valence-corrected chi connectivity index (χ1v) is 4.17. The average Bonchev–Trinajstić information content (AvgIpc) is 2.03. The van der Waals surface area contributed by atoms with Gasteiger partial charge in [0.1, 0.15) is 6.29 Å². The molecule has 1 nitrogen and oxygen atoms in total. The van der Waals surface area contributed by atoms with Crippen molar-refractivity contribution in [1.29, 1.82) is 0 Å². The number of aldehydes is 1. The van der Waals surface area contributed by atoms with Gasteiger partial charge in [-0.25, -0.2) is 0 Å². The van der Waals surface area contributed by atoms with Crippen LogP contribution in [0, 0.1) is 5.92 Å². The van der Waals surface area contributed by atoms with Gasteiger partial charge in [-0.1, -0.05) is 38.2 Å². The van der Waals surface area contributed by atoms with Crippen molar-refractivity contribution in [3.63, 3.8) is 0 Å². The second-order valence-electron chi connectivity index (χ2n) is 2.84. The average molecular weight is 164 g/mol. The first-order chi connectivity index (χ1) is 5.72. The SMILES string of the molecule is C\C=C/C(=C\C=C\C=O)C(C)C. The molecule has 0 aromatic heterocycles. The molecular weight excluding hydrogens is 148 g/mol. The molecule has 0 aromatic rings. The van der Waals surface area contributed by atoms with E-state index in [1.54, 1.807) is 6.08 Å². The van der Waals surface area contributed by atoms with Crippen molar-refractivity contribution in [3.8, 4) is 0 Å². The van der Waals surface area contributed by atoms with Crippen LogP contribution in [-0.2, 0) is 4.79 Å². The molecule has 0 unspecified atom stereocenters. The third kappa shape index (κ3) is 4.67. The summed E-state index contributed by atoms with van der Waals surface area (Å²) in [6, 6.07) is 0. The fourth-order valence-corrected chi connectivity index (χ4v) is 0.845. The molecule has 0 rings (SSSR count). The zero-order valence-electron chi connectivity index (χ0n) is 7.95. The molecule has 0 amide bonds. The van der Waals surface area contributed by atoms with Gasteiger partial charge in [0.05, 0.1) is 0 Å². The summed E-state index contributed by atoms with van der Waals surface area (Å²) in [6.07, 6.45) is 10.1. The molecule has 0 spiro atoms. The molecule has 0 aliphatic rings. The lowest BCUT2D eigenvalue weighted by atomic mass is 10.0. The Labute approximate surface area is 74.5 Å². The quantitative estimate of drug-likeness (QED) is 0.355. The van der Waals surface area contributed by atoms with Crippen LogP contribution in [-0.4, -0.2) is 6.29 Å². The Morgan fingerprint density at radius 2 is 1.92 bits per heavy atom. The van der Waals surface area contributed by atoms with Crippen molar-refractivity contribution < 1.29 is 4.79 Å². The largest absolute Gasteiger partial charge is 0.299 e. The zero-order valence-corrected chi connectivity index (χ0v) is 7.95. The molecule has 0 bridgehead atoms. The molecule has 0 saturated heterocycles. The van der Waals surface area contributed by atoms with Gasteiger partial charge in [0, 0.05) is 0 Å². The zero-order chi connectivity index (χ0) is 9.40. The molecule has 0 aliphatic heterocycles. The summed E-state index contributed by atoms with van der Waals surface area (Å²) in [4.78, 5) is 9.98. The highest BCUT2D eigenvalue weighted by atomic mass is 16.1. The molecule has 0 heterocycles. The minimum atomic E-state index is 0.498. The van der Waals surface area contributed by atoms with Gasteiger partial charge in [-0.2, -0.15) is 0 Å². The summed E-state index contributed by atoms with van der Waals surface area (Å²) < 4.78 is 0. The lowest BCUT2D eigenvalue weighted by Crippen LogP contribution is -1.88. The van der Waals surface area contributed by atoms with Gasteiger partial charge in [-0.15, -0.1) is 0 Å². The maximum atomic E-state index is 9.98. The van der Waals surface area contributed by atoms with Gasteiger partial charge in [0.2, 0.25) is 0 Å².